The zero-order valence-electron chi connectivity index (χ0n) is 9.14. The fourth-order valence-corrected chi connectivity index (χ4v) is 4.72. The van der Waals surface area contributed by atoms with Crippen LogP contribution in [0.5, 0.6) is 0 Å². The summed E-state index contributed by atoms with van der Waals surface area (Å²) in [5.41, 5.74) is 2.68. The highest BCUT2D eigenvalue weighted by atomic mass is 32.6. The molecule has 0 fully saturated rings. The molecule has 2 heterocycles. The number of anilines is 1. The fraction of sp³-hybridized carbons (Fsp3) is 0.500. The number of hydrogen-bond acceptors (Lipinski definition) is 3. The standard InChI is InChI=1S/C8H16N4P4/c1-2-3-6-4-7-8(9-5-6)10-11-12(7)16(14)15-13/h5,9,15H,2-4,13-14H2,1H3. The zero-order valence-corrected chi connectivity index (χ0v) is 13.3. The SMILES string of the molecule is CCCC1=CNc2nnn(P(P)PP)c2C1. The maximum atomic E-state index is 4.24. The van der Waals surface area contributed by atoms with E-state index in [0.717, 1.165) is 26.6 Å². The third kappa shape index (κ3) is 2.62. The van der Waals surface area contributed by atoms with Gasteiger partial charge in [0, 0.05) is 12.6 Å². The Morgan fingerprint density at radius 3 is 3.19 bits per heavy atom. The van der Waals surface area contributed by atoms with Crippen molar-refractivity contribution >= 4 is 39.1 Å². The molecule has 8 heteroatoms. The number of nitrogens with zero attached hydrogens (tertiary/aromatic N) is 3. The van der Waals surface area contributed by atoms with Gasteiger partial charge in [-0.1, -0.05) is 27.5 Å². The number of nitrogens with one attached hydrogen (secondary N) is 1. The van der Waals surface area contributed by atoms with Gasteiger partial charge in [0.15, 0.2) is 5.82 Å². The summed E-state index contributed by atoms with van der Waals surface area (Å²) < 4.78 is 2.08. The summed E-state index contributed by atoms with van der Waals surface area (Å²) in [5.74, 6) is 0.929. The van der Waals surface area contributed by atoms with Crippen molar-refractivity contribution in [3.63, 3.8) is 0 Å². The van der Waals surface area contributed by atoms with Gasteiger partial charge < -0.3 is 5.32 Å². The largest absolute Gasteiger partial charge is 0.344 e. The van der Waals surface area contributed by atoms with Crippen molar-refractivity contribution in [2.45, 2.75) is 26.2 Å². The molecule has 0 aromatic carbocycles. The second-order valence-corrected chi connectivity index (χ2v) is 12.4. The summed E-state index contributed by atoms with van der Waals surface area (Å²) in [7, 11) is 6.18. The van der Waals surface area contributed by atoms with Crippen molar-refractivity contribution in [2.75, 3.05) is 5.32 Å². The van der Waals surface area contributed by atoms with E-state index >= 15 is 0 Å². The summed E-state index contributed by atoms with van der Waals surface area (Å²) in [6, 6.07) is 0. The molecule has 1 aromatic heterocycles. The van der Waals surface area contributed by atoms with Crippen molar-refractivity contribution < 1.29 is 0 Å². The average molecular weight is 292 g/mol. The lowest BCUT2D eigenvalue weighted by Gasteiger charge is -2.17. The van der Waals surface area contributed by atoms with Crippen LogP contribution in [0, 0.1) is 0 Å². The van der Waals surface area contributed by atoms with E-state index in [4.69, 9.17) is 0 Å². The summed E-state index contributed by atoms with van der Waals surface area (Å²) >= 11 is 0. The van der Waals surface area contributed by atoms with Crippen molar-refractivity contribution in [2.24, 2.45) is 0 Å². The summed E-state index contributed by atoms with van der Waals surface area (Å²) in [6.07, 6.45) is 5.41. The molecular weight excluding hydrogens is 276 g/mol. The lowest BCUT2D eigenvalue weighted by Crippen LogP contribution is -2.07. The lowest BCUT2D eigenvalue weighted by molar-refractivity contribution is 0.821. The molecule has 0 saturated carbocycles. The van der Waals surface area contributed by atoms with Crippen LogP contribution in [0.1, 0.15) is 25.5 Å². The smallest absolute Gasteiger partial charge is 0.176 e. The summed E-state index contributed by atoms with van der Waals surface area (Å²) in [5, 5.41) is 11.6. The van der Waals surface area contributed by atoms with Crippen LogP contribution in [0.4, 0.5) is 5.82 Å². The van der Waals surface area contributed by atoms with Gasteiger partial charge in [-0.15, -0.1) is 14.0 Å². The van der Waals surface area contributed by atoms with Crippen molar-refractivity contribution in [3.05, 3.63) is 17.5 Å². The first-order valence-corrected chi connectivity index (χ1v) is 11.7. The molecule has 16 heavy (non-hydrogen) atoms. The monoisotopic (exact) mass is 292 g/mol. The van der Waals surface area contributed by atoms with Crippen molar-refractivity contribution in [3.8, 4) is 0 Å². The molecular formula is C8H16N4P4. The second kappa shape index (κ2) is 5.83. The van der Waals surface area contributed by atoms with Gasteiger partial charge in [-0.2, -0.15) is 0 Å². The quantitative estimate of drug-likeness (QED) is 0.865. The molecule has 0 spiro atoms. The predicted molar refractivity (Wildman–Crippen MR) is 80.4 cm³/mol. The molecule has 0 bridgehead atoms. The van der Waals surface area contributed by atoms with E-state index < -0.39 is 0 Å². The number of aromatic nitrogens is 3. The van der Waals surface area contributed by atoms with Crippen LogP contribution in [-0.4, -0.2) is 14.8 Å². The Kier molecular flexibility index (Phi) is 4.68. The zero-order chi connectivity index (χ0) is 11.5. The number of allylic oxidation sites excluding steroid dienone is 1. The van der Waals surface area contributed by atoms with Crippen LogP contribution >= 0.6 is 33.3 Å². The van der Waals surface area contributed by atoms with Gasteiger partial charge in [-0.25, -0.2) is 4.45 Å². The van der Waals surface area contributed by atoms with E-state index in [0.29, 0.717) is 0 Å². The van der Waals surface area contributed by atoms with Crippen LogP contribution in [0.2, 0.25) is 0 Å². The predicted octanol–water partition coefficient (Wildman–Crippen LogP) is 3.35. The molecule has 1 aliphatic heterocycles. The van der Waals surface area contributed by atoms with Gasteiger partial charge >= 0.3 is 0 Å². The molecule has 1 aliphatic rings. The highest BCUT2D eigenvalue weighted by Gasteiger charge is 2.20. The molecule has 0 radical (unpaired) electrons. The van der Waals surface area contributed by atoms with Crippen molar-refractivity contribution in [1.82, 2.24) is 14.8 Å². The maximum absolute atomic E-state index is 4.24. The molecule has 0 saturated heterocycles. The normalized spacial score (nSPS) is 17.1. The Hall–Kier alpha value is 0.400. The topological polar surface area (TPSA) is 42.7 Å². The van der Waals surface area contributed by atoms with Crippen molar-refractivity contribution in [1.29, 1.82) is 0 Å². The Balaban J connectivity index is 2.21. The molecule has 2 rings (SSSR count). The number of fused-ring (bicyclic) bond motifs is 1. The van der Waals surface area contributed by atoms with Gasteiger partial charge in [-0.3, -0.25) is 0 Å². The Morgan fingerprint density at radius 1 is 1.69 bits per heavy atom. The van der Waals surface area contributed by atoms with Gasteiger partial charge in [0.1, 0.15) is 0 Å². The highest BCUT2D eigenvalue weighted by molar-refractivity contribution is 8.60. The minimum Gasteiger partial charge on any atom is -0.344 e. The molecule has 4 atom stereocenters. The summed E-state index contributed by atoms with van der Waals surface area (Å²) in [6.45, 7) is 2.21. The molecule has 0 amide bonds. The first-order valence-electron chi connectivity index (χ1n) is 5.16. The molecule has 4 nitrogen and oxygen atoms in total. The third-order valence-electron chi connectivity index (χ3n) is 2.46. The van der Waals surface area contributed by atoms with E-state index in [1.165, 1.54) is 17.7 Å². The minimum atomic E-state index is -0.296. The van der Waals surface area contributed by atoms with E-state index in [9.17, 15) is 0 Å². The van der Waals surface area contributed by atoms with E-state index in [1.807, 2.05) is 0 Å². The summed E-state index contributed by atoms with van der Waals surface area (Å²) in [4.78, 5) is 0. The Bertz CT molecular complexity index is 403. The lowest BCUT2D eigenvalue weighted by atomic mass is 10.0. The fourth-order valence-electron chi connectivity index (χ4n) is 1.71. The van der Waals surface area contributed by atoms with Crippen LogP contribution in [0.15, 0.2) is 11.8 Å². The second-order valence-electron chi connectivity index (χ2n) is 3.62. The third-order valence-corrected chi connectivity index (χ3v) is 11.9. The number of rotatable bonds is 4. The van der Waals surface area contributed by atoms with Gasteiger partial charge in [0.25, 0.3) is 0 Å². The maximum Gasteiger partial charge on any atom is 0.176 e. The van der Waals surface area contributed by atoms with Crippen LogP contribution in [-0.2, 0) is 6.42 Å². The van der Waals surface area contributed by atoms with E-state index in [1.54, 1.807) is 0 Å². The van der Waals surface area contributed by atoms with Gasteiger partial charge in [-0.05, 0) is 20.0 Å². The van der Waals surface area contributed by atoms with Crippen LogP contribution < -0.4 is 5.32 Å². The first kappa shape index (κ1) is 12.8. The van der Waals surface area contributed by atoms with E-state index in [2.05, 4.69) is 51.1 Å². The van der Waals surface area contributed by atoms with Gasteiger partial charge in [0.2, 0.25) is 0 Å². The Morgan fingerprint density at radius 2 is 2.50 bits per heavy atom. The molecule has 4 unspecified atom stereocenters. The number of hydrogen-bond donors (Lipinski definition) is 1. The first-order chi connectivity index (χ1) is 7.76. The van der Waals surface area contributed by atoms with Crippen LogP contribution in [0.3, 0.4) is 0 Å². The molecule has 88 valence electrons. The minimum absolute atomic E-state index is 0.296. The molecule has 1 N–H and O–H groups in total. The Labute approximate surface area is 103 Å². The average Bonchev–Trinajstić information content (AvgIpc) is 2.71. The highest BCUT2D eigenvalue weighted by Crippen LogP contribution is 2.66. The van der Waals surface area contributed by atoms with Crippen LogP contribution in [0.25, 0.3) is 0 Å². The molecule has 0 aliphatic carbocycles. The van der Waals surface area contributed by atoms with E-state index in [-0.39, 0.29) is 7.45 Å². The molecule has 1 aromatic rings. The van der Waals surface area contributed by atoms with Gasteiger partial charge in [0.05, 0.1) is 13.1 Å².